The summed E-state index contributed by atoms with van der Waals surface area (Å²) < 4.78 is 0. The lowest BCUT2D eigenvalue weighted by Gasteiger charge is -2.51. The molecule has 0 bridgehead atoms. The van der Waals surface area contributed by atoms with Crippen LogP contribution in [0.15, 0.2) is 72.3 Å². The molecule has 7 nitrogen and oxygen atoms in total. The maximum absolute atomic E-state index is 14.1. The van der Waals surface area contributed by atoms with Gasteiger partial charge in [0.1, 0.15) is 5.75 Å². The molecule has 4 amide bonds. The maximum Gasteiger partial charge on any atom is 0.253 e. The summed E-state index contributed by atoms with van der Waals surface area (Å²) in [4.78, 5) is 53.6. The Morgan fingerprint density at radius 3 is 2.24 bits per heavy atom. The zero-order valence-corrected chi connectivity index (χ0v) is 24.0. The smallest absolute Gasteiger partial charge is 0.253 e. The molecule has 7 rings (SSSR count). The highest BCUT2D eigenvalue weighted by Gasteiger charge is 2.76. The molecule has 3 aromatic carbocycles. The van der Waals surface area contributed by atoms with Crippen molar-refractivity contribution in [1.82, 2.24) is 4.90 Å². The summed E-state index contributed by atoms with van der Waals surface area (Å²) in [6, 6.07) is 16.9. The molecule has 6 atom stereocenters. The van der Waals surface area contributed by atoms with Gasteiger partial charge in [0.05, 0.1) is 17.5 Å². The average Bonchev–Trinajstić information content (AvgIpc) is 3.29. The highest BCUT2D eigenvalue weighted by molar-refractivity contribution is 6.53. The van der Waals surface area contributed by atoms with E-state index in [1.54, 1.807) is 42.5 Å². The van der Waals surface area contributed by atoms with E-state index >= 15 is 0 Å². The van der Waals surface area contributed by atoms with Crippen molar-refractivity contribution in [1.29, 1.82) is 0 Å². The molecule has 0 unspecified atom stereocenters. The topological polar surface area (TPSA) is 95.0 Å². The molecular weight excluding hydrogens is 587 g/mol. The van der Waals surface area contributed by atoms with Crippen molar-refractivity contribution in [2.75, 3.05) is 11.9 Å². The first-order valence-corrected chi connectivity index (χ1v) is 14.4. The van der Waals surface area contributed by atoms with Gasteiger partial charge < -0.3 is 5.11 Å². The predicted molar refractivity (Wildman–Crippen MR) is 155 cm³/mol. The van der Waals surface area contributed by atoms with Crippen molar-refractivity contribution in [3.63, 3.8) is 0 Å². The number of benzene rings is 3. The summed E-state index contributed by atoms with van der Waals surface area (Å²) in [6.07, 6.45) is 2.07. The van der Waals surface area contributed by atoms with Gasteiger partial charge >= 0.3 is 0 Å². The molecule has 3 fully saturated rings. The van der Waals surface area contributed by atoms with E-state index in [4.69, 9.17) is 34.8 Å². The first-order valence-electron chi connectivity index (χ1n) is 13.2. The normalized spacial score (nSPS) is 32.7. The molecule has 3 aromatic rings. The Hall–Kier alpha value is -3.39. The molecule has 4 aliphatic rings. The molecule has 208 valence electrons. The molecule has 10 heteroatoms. The van der Waals surface area contributed by atoms with Crippen molar-refractivity contribution in [3.05, 3.63) is 82.9 Å². The average molecular weight is 610 g/mol. The summed E-state index contributed by atoms with van der Waals surface area (Å²) in [5.74, 6) is -4.92. The van der Waals surface area contributed by atoms with Crippen molar-refractivity contribution in [3.8, 4) is 5.75 Å². The van der Waals surface area contributed by atoms with E-state index in [0.29, 0.717) is 32.6 Å². The number of phenolic OH excluding ortho intramolecular Hbond substituents is 1. The fourth-order valence-corrected chi connectivity index (χ4v) is 8.63. The predicted octanol–water partition coefficient (Wildman–Crippen LogP) is 5.39. The summed E-state index contributed by atoms with van der Waals surface area (Å²) in [5.41, 5.74) is 1.72. The molecule has 1 N–H and O–H groups in total. The van der Waals surface area contributed by atoms with Crippen molar-refractivity contribution in [2.24, 2.45) is 17.8 Å². The van der Waals surface area contributed by atoms with Crippen molar-refractivity contribution in [2.45, 2.75) is 28.5 Å². The zero-order chi connectivity index (χ0) is 29.0. The number of imide groups is 2. The van der Waals surface area contributed by atoms with Crippen LogP contribution in [0.1, 0.15) is 24.3 Å². The zero-order valence-electron chi connectivity index (χ0n) is 21.7. The number of aromatic hydroxyl groups is 1. The Balaban J connectivity index is 1.44. The van der Waals surface area contributed by atoms with Gasteiger partial charge in [0.15, 0.2) is 9.75 Å². The van der Waals surface area contributed by atoms with Gasteiger partial charge in [-0.1, -0.05) is 53.6 Å². The van der Waals surface area contributed by atoms with E-state index in [0.717, 1.165) is 4.90 Å². The SMILES string of the molecule is CN1C(=O)[C@]2(Cl)C[C@@H]3C(=CC[C@@H]4C(=O)N(c5ccc(Cl)cc5)C(=O)[C@@H]43)[C@H](c3ccc(O)c4ccccc34)[C@]2(Cl)C1=O. The minimum atomic E-state index is -1.89. The van der Waals surface area contributed by atoms with E-state index < -0.39 is 45.2 Å². The fraction of sp³-hybridized carbons (Fsp3) is 0.290. The van der Waals surface area contributed by atoms with Crippen LogP contribution in [0.3, 0.4) is 0 Å². The van der Waals surface area contributed by atoms with E-state index in [1.165, 1.54) is 18.0 Å². The van der Waals surface area contributed by atoms with Gasteiger partial charge in [-0.15, -0.1) is 23.2 Å². The molecule has 0 spiro atoms. The molecule has 2 aliphatic heterocycles. The monoisotopic (exact) mass is 608 g/mol. The molecule has 2 aliphatic carbocycles. The van der Waals surface area contributed by atoms with Crippen LogP contribution < -0.4 is 4.90 Å². The third-order valence-corrected chi connectivity index (χ3v) is 11.0. The number of hydrogen-bond donors (Lipinski definition) is 1. The Bertz CT molecular complexity index is 1740. The number of amides is 4. The van der Waals surface area contributed by atoms with E-state index in [-0.39, 0.29) is 30.4 Å². The van der Waals surface area contributed by atoms with Gasteiger partial charge in [-0.2, -0.15) is 0 Å². The van der Waals surface area contributed by atoms with Crippen LogP contribution in [-0.4, -0.2) is 50.4 Å². The second-order valence-corrected chi connectivity index (χ2v) is 12.9. The first-order chi connectivity index (χ1) is 19.5. The number of halogens is 3. The number of alkyl halides is 2. The summed E-state index contributed by atoms with van der Waals surface area (Å²) in [6.45, 7) is 0. The van der Waals surface area contributed by atoms with Crippen LogP contribution in [0.4, 0.5) is 5.69 Å². The lowest BCUT2D eigenvalue weighted by molar-refractivity contribution is -0.138. The molecular formula is C31H23Cl3N2O5. The first kappa shape index (κ1) is 26.5. The lowest BCUT2D eigenvalue weighted by atomic mass is 9.56. The Morgan fingerprint density at radius 2 is 1.54 bits per heavy atom. The highest BCUT2D eigenvalue weighted by atomic mass is 35.5. The summed E-state index contributed by atoms with van der Waals surface area (Å²) in [5, 5.41) is 12.3. The third kappa shape index (κ3) is 3.28. The van der Waals surface area contributed by atoms with Gasteiger partial charge in [0.2, 0.25) is 11.8 Å². The Kier molecular flexibility index (Phi) is 5.69. The van der Waals surface area contributed by atoms with E-state index in [1.807, 2.05) is 18.2 Å². The van der Waals surface area contributed by atoms with Crippen LogP contribution >= 0.6 is 34.8 Å². The number of phenols is 1. The molecule has 2 heterocycles. The number of fused-ring (bicyclic) bond motifs is 5. The number of anilines is 1. The number of rotatable bonds is 2. The number of nitrogens with zero attached hydrogens (tertiary/aromatic N) is 2. The fourth-order valence-electron chi connectivity index (χ4n) is 7.49. The number of carbonyl (C=O) groups excluding carboxylic acids is 4. The molecule has 2 saturated heterocycles. The minimum Gasteiger partial charge on any atom is -0.507 e. The Morgan fingerprint density at radius 1 is 0.854 bits per heavy atom. The number of carbonyl (C=O) groups is 4. The minimum absolute atomic E-state index is 0.0521. The van der Waals surface area contributed by atoms with Gasteiger partial charge in [-0.3, -0.25) is 29.0 Å². The quantitative estimate of drug-likeness (QED) is 0.239. The van der Waals surface area contributed by atoms with Gasteiger partial charge in [0.25, 0.3) is 11.8 Å². The van der Waals surface area contributed by atoms with Crippen LogP contribution in [-0.2, 0) is 19.2 Å². The van der Waals surface area contributed by atoms with Crippen molar-refractivity contribution >= 4 is 74.9 Å². The van der Waals surface area contributed by atoms with Crippen LogP contribution in [0.5, 0.6) is 5.75 Å². The maximum atomic E-state index is 14.1. The second-order valence-electron chi connectivity index (χ2n) is 11.2. The third-order valence-electron chi connectivity index (χ3n) is 9.34. The van der Waals surface area contributed by atoms with Crippen LogP contribution in [0.25, 0.3) is 10.8 Å². The van der Waals surface area contributed by atoms with Gasteiger partial charge in [-0.05, 0) is 60.0 Å². The van der Waals surface area contributed by atoms with Crippen LogP contribution in [0, 0.1) is 17.8 Å². The summed E-state index contributed by atoms with van der Waals surface area (Å²) >= 11 is 20.6. The number of likely N-dealkylation sites (tertiary alicyclic amines) is 1. The second kappa shape index (κ2) is 8.81. The molecule has 0 radical (unpaired) electrons. The summed E-state index contributed by atoms with van der Waals surface area (Å²) in [7, 11) is 1.36. The molecule has 41 heavy (non-hydrogen) atoms. The molecule has 1 saturated carbocycles. The molecule has 0 aromatic heterocycles. The number of hydrogen-bond acceptors (Lipinski definition) is 5. The van der Waals surface area contributed by atoms with E-state index in [9.17, 15) is 24.3 Å². The van der Waals surface area contributed by atoms with Crippen molar-refractivity contribution < 1.29 is 24.3 Å². The van der Waals surface area contributed by atoms with Crippen LogP contribution in [0.2, 0.25) is 5.02 Å². The van der Waals surface area contributed by atoms with Gasteiger partial charge in [-0.25, -0.2) is 0 Å². The number of allylic oxidation sites excluding steroid dienone is 2. The standard InChI is InChI=1S/C31H23Cl3N2O5/c1-35-28(40)30(33)14-22-20(10-11-21-24(22)27(39)36(26(21)38)16-8-6-15(32)7-9-16)25(31(30,34)29(35)41)19-12-13-23(37)18-5-3-2-4-17(18)19/h2-10,12-13,21-22,24-25,37H,11,14H2,1H3/t21-,22+,24-,25-,30+,31-/m0/s1. The van der Waals surface area contributed by atoms with E-state index in [2.05, 4.69) is 0 Å². The van der Waals surface area contributed by atoms with Gasteiger partial charge in [0, 0.05) is 23.4 Å². The Labute approximate surface area is 250 Å². The largest absolute Gasteiger partial charge is 0.507 e. The lowest BCUT2D eigenvalue weighted by Crippen LogP contribution is -2.60. The highest BCUT2D eigenvalue weighted by Crippen LogP contribution is 2.66.